The van der Waals surface area contributed by atoms with Crippen LogP contribution in [0.25, 0.3) is 10.8 Å². The molecule has 5 nitrogen and oxygen atoms in total. The molecule has 1 saturated heterocycles. The number of benzene rings is 3. The van der Waals surface area contributed by atoms with E-state index in [-0.39, 0.29) is 30.3 Å². The second-order valence-electron chi connectivity index (χ2n) is 7.39. The van der Waals surface area contributed by atoms with Gasteiger partial charge in [0.15, 0.2) is 9.84 Å². The van der Waals surface area contributed by atoms with Crippen molar-refractivity contribution in [1.82, 2.24) is 4.90 Å². The molecule has 0 saturated carbocycles. The third kappa shape index (κ3) is 3.77. The molecular formula is C23H22FNO4S. The molecule has 0 radical (unpaired) electrons. The molecule has 0 atom stereocenters. The average Bonchev–Trinajstić information content (AvgIpc) is 2.70. The van der Waals surface area contributed by atoms with Crippen molar-refractivity contribution in [2.75, 3.05) is 20.2 Å². The number of carbonyl (C=O) groups is 1. The van der Waals surface area contributed by atoms with Crippen LogP contribution in [-0.2, 0) is 21.1 Å². The molecule has 0 aliphatic carbocycles. The van der Waals surface area contributed by atoms with E-state index in [0.29, 0.717) is 6.42 Å². The number of methoxy groups -OCH3 is 1. The normalized spacial score (nSPS) is 14.5. The zero-order valence-electron chi connectivity index (χ0n) is 16.5. The van der Waals surface area contributed by atoms with Gasteiger partial charge in [0, 0.05) is 25.1 Å². The van der Waals surface area contributed by atoms with E-state index in [1.165, 1.54) is 12.1 Å². The number of likely N-dealkylation sites (tertiary alicyclic amines) is 1. The van der Waals surface area contributed by atoms with Crippen LogP contribution in [0, 0.1) is 5.82 Å². The van der Waals surface area contributed by atoms with Crippen LogP contribution in [-0.4, -0.2) is 44.7 Å². The Morgan fingerprint density at radius 2 is 1.77 bits per heavy atom. The van der Waals surface area contributed by atoms with E-state index in [0.717, 1.165) is 34.2 Å². The van der Waals surface area contributed by atoms with Gasteiger partial charge in [-0.3, -0.25) is 4.79 Å². The number of hydrogen-bond acceptors (Lipinski definition) is 4. The van der Waals surface area contributed by atoms with E-state index in [1.807, 2.05) is 36.4 Å². The summed E-state index contributed by atoms with van der Waals surface area (Å²) in [5, 5.41) is 1.47. The first kappa shape index (κ1) is 20.3. The highest BCUT2D eigenvalue weighted by Gasteiger charge is 2.40. The van der Waals surface area contributed by atoms with Gasteiger partial charge in [0.1, 0.15) is 16.8 Å². The third-order valence-electron chi connectivity index (χ3n) is 5.59. The Morgan fingerprint density at radius 1 is 1.07 bits per heavy atom. The minimum absolute atomic E-state index is 0.0847. The van der Waals surface area contributed by atoms with Gasteiger partial charge < -0.3 is 9.64 Å². The predicted octanol–water partition coefficient (Wildman–Crippen LogP) is 3.60. The van der Waals surface area contributed by atoms with Gasteiger partial charge >= 0.3 is 0 Å². The number of ether oxygens (including phenoxy) is 1. The van der Waals surface area contributed by atoms with Gasteiger partial charge in [-0.2, -0.15) is 0 Å². The molecule has 156 valence electrons. The molecule has 1 heterocycles. The Bertz CT molecular complexity index is 1190. The Labute approximate surface area is 175 Å². The first-order valence-corrected chi connectivity index (χ1v) is 11.3. The first-order chi connectivity index (χ1) is 14.4. The van der Waals surface area contributed by atoms with Crippen molar-refractivity contribution >= 4 is 26.5 Å². The fourth-order valence-corrected chi connectivity index (χ4v) is 5.46. The molecule has 3 aromatic rings. The van der Waals surface area contributed by atoms with E-state index < -0.39 is 20.9 Å². The van der Waals surface area contributed by atoms with Gasteiger partial charge in [-0.15, -0.1) is 0 Å². The van der Waals surface area contributed by atoms with Crippen LogP contribution in [0.5, 0.6) is 5.75 Å². The maximum absolute atomic E-state index is 13.1. The number of carbonyl (C=O) groups excluding carboxylic acids is 1. The number of amides is 1. The highest BCUT2D eigenvalue weighted by atomic mass is 32.2. The van der Waals surface area contributed by atoms with E-state index in [2.05, 4.69) is 0 Å². The summed E-state index contributed by atoms with van der Waals surface area (Å²) in [5.74, 6) is 0.167. The number of halogens is 1. The minimum Gasteiger partial charge on any atom is -0.496 e. The van der Waals surface area contributed by atoms with Crippen molar-refractivity contribution in [2.45, 2.75) is 23.0 Å². The molecule has 1 aliphatic heterocycles. The van der Waals surface area contributed by atoms with Crippen LogP contribution >= 0.6 is 0 Å². The second-order valence-corrected chi connectivity index (χ2v) is 9.62. The summed E-state index contributed by atoms with van der Waals surface area (Å²) in [5.41, 5.74) is 0.972. The Morgan fingerprint density at radius 3 is 2.47 bits per heavy atom. The smallest absolute Gasteiger partial charge is 0.222 e. The zero-order valence-corrected chi connectivity index (χ0v) is 17.4. The first-order valence-electron chi connectivity index (χ1n) is 9.72. The lowest BCUT2D eigenvalue weighted by atomic mass is 9.99. The SMILES string of the molecule is COc1ccc2ccccc2c1CCC(=O)N1CC(S(=O)(=O)c2ccc(F)cc2)C1. The highest BCUT2D eigenvalue weighted by Crippen LogP contribution is 2.30. The topological polar surface area (TPSA) is 63.7 Å². The van der Waals surface area contributed by atoms with Crippen molar-refractivity contribution in [3.05, 3.63) is 72.0 Å². The van der Waals surface area contributed by atoms with Gasteiger partial charge in [0.05, 0.1) is 12.0 Å². The van der Waals surface area contributed by atoms with Crippen molar-refractivity contribution < 1.29 is 22.3 Å². The number of hydrogen-bond donors (Lipinski definition) is 0. The Kier molecular flexibility index (Phi) is 5.47. The van der Waals surface area contributed by atoms with Gasteiger partial charge in [0.25, 0.3) is 0 Å². The average molecular weight is 427 g/mol. The number of nitrogens with zero attached hydrogens (tertiary/aromatic N) is 1. The third-order valence-corrected chi connectivity index (χ3v) is 7.69. The van der Waals surface area contributed by atoms with Crippen molar-refractivity contribution in [3.8, 4) is 5.75 Å². The lowest BCUT2D eigenvalue weighted by molar-refractivity contribution is -0.134. The number of fused-ring (bicyclic) bond motifs is 1. The lowest BCUT2D eigenvalue weighted by Gasteiger charge is -2.38. The predicted molar refractivity (Wildman–Crippen MR) is 113 cm³/mol. The molecule has 0 spiro atoms. The van der Waals surface area contributed by atoms with Crippen molar-refractivity contribution in [1.29, 1.82) is 0 Å². The highest BCUT2D eigenvalue weighted by molar-refractivity contribution is 7.92. The quantitative estimate of drug-likeness (QED) is 0.564. The monoisotopic (exact) mass is 427 g/mol. The molecule has 3 aromatic carbocycles. The molecule has 30 heavy (non-hydrogen) atoms. The molecule has 0 aromatic heterocycles. The number of aryl methyl sites for hydroxylation is 1. The van der Waals surface area contributed by atoms with Gasteiger partial charge in [-0.05, 0) is 47.5 Å². The maximum Gasteiger partial charge on any atom is 0.222 e. The molecule has 1 aliphatic rings. The summed E-state index contributed by atoms with van der Waals surface area (Å²) in [7, 11) is -1.97. The van der Waals surface area contributed by atoms with Crippen LogP contribution in [0.15, 0.2) is 65.6 Å². The van der Waals surface area contributed by atoms with Crippen molar-refractivity contribution in [2.24, 2.45) is 0 Å². The van der Waals surface area contributed by atoms with E-state index >= 15 is 0 Å². The zero-order chi connectivity index (χ0) is 21.3. The second kappa shape index (κ2) is 8.07. The van der Waals surface area contributed by atoms with Crippen LogP contribution < -0.4 is 4.74 Å². The van der Waals surface area contributed by atoms with Gasteiger partial charge in [0.2, 0.25) is 5.91 Å². The lowest BCUT2D eigenvalue weighted by Crippen LogP contribution is -2.56. The molecule has 0 unspecified atom stereocenters. The molecule has 1 amide bonds. The molecule has 1 fully saturated rings. The maximum atomic E-state index is 13.1. The van der Waals surface area contributed by atoms with E-state index in [1.54, 1.807) is 12.0 Å². The molecule has 0 N–H and O–H groups in total. The molecule has 4 rings (SSSR count). The summed E-state index contributed by atoms with van der Waals surface area (Å²) in [4.78, 5) is 14.3. The molecular weight excluding hydrogens is 405 g/mol. The number of sulfone groups is 1. The number of rotatable bonds is 6. The fraction of sp³-hybridized carbons (Fsp3) is 0.261. The van der Waals surface area contributed by atoms with Crippen LogP contribution in [0.3, 0.4) is 0 Å². The van der Waals surface area contributed by atoms with Crippen LogP contribution in [0.1, 0.15) is 12.0 Å². The standard InChI is InChI=1S/C23H22FNO4S/c1-29-22-12-6-16-4-2-3-5-20(16)21(22)11-13-23(26)25-14-19(15-25)30(27,28)18-9-7-17(24)8-10-18/h2-10,12,19H,11,13-15H2,1H3. The summed E-state index contributed by atoms with van der Waals surface area (Å²) in [6, 6.07) is 16.6. The Balaban J connectivity index is 1.41. The minimum atomic E-state index is -3.57. The largest absolute Gasteiger partial charge is 0.496 e. The summed E-state index contributed by atoms with van der Waals surface area (Å²) in [6.45, 7) is 0.316. The van der Waals surface area contributed by atoms with E-state index in [4.69, 9.17) is 4.74 Å². The Hall–Kier alpha value is -2.93. The van der Waals surface area contributed by atoms with Gasteiger partial charge in [-0.1, -0.05) is 30.3 Å². The van der Waals surface area contributed by atoms with Gasteiger partial charge in [-0.25, -0.2) is 12.8 Å². The summed E-state index contributed by atoms with van der Waals surface area (Å²) >= 11 is 0. The van der Waals surface area contributed by atoms with Crippen molar-refractivity contribution in [3.63, 3.8) is 0 Å². The fourth-order valence-electron chi connectivity index (χ4n) is 3.81. The molecule has 0 bridgehead atoms. The summed E-state index contributed by atoms with van der Waals surface area (Å²) in [6.07, 6.45) is 0.781. The summed E-state index contributed by atoms with van der Waals surface area (Å²) < 4.78 is 43.8. The molecule has 7 heteroatoms. The van der Waals surface area contributed by atoms with Crippen LogP contribution in [0.2, 0.25) is 0 Å². The van der Waals surface area contributed by atoms with Crippen LogP contribution in [0.4, 0.5) is 4.39 Å². The van der Waals surface area contributed by atoms with E-state index in [9.17, 15) is 17.6 Å².